The molecule has 1 aromatic rings. The van der Waals surface area contributed by atoms with Crippen LogP contribution in [-0.2, 0) is 14.3 Å². The van der Waals surface area contributed by atoms with E-state index in [9.17, 15) is 14.4 Å². The minimum Gasteiger partial charge on any atom is -0.379 e. The predicted molar refractivity (Wildman–Crippen MR) is 108 cm³/mol. The first kappa shape index (κ1) is 21.2. The van der Waals surface area contributed by atoms with Gasteiger partial charge in [0.25, 0.3) is 0 Å². The molecular formula is C20H29N5O4. The van der Waals surface area contributed by atoms with Crippen LogP contribution in [0.4, 0.5) is 5.69 Å². The molecule has 3 amide bonds. The molecule has 0 aliphatic carbocycles. The molecule has 2 saturated heterocycles. The van der Waals surface area contributed by atoms with Crippen molar-refractivity contribution in [2.24, 2.45) is 5.73 Å². The normalized spacial score (nSPS) is 19.6. The highest BCUT2D eigenvalue weighted by molar-refractivity contribution is 5.96. The maximum atomic E-state index is 12.6. The lowest BCUT2D eigenvalue weighted by Crippen LogP contribution is -2.55. The van der Waals surface area contributed by atoms with Crippen LogP contribution in [0.25, 0.3) is 0 Å². The van der Waals surface area contributed by atoms with Crippen molar-refractivity contribution in [3.8, 4) is 0 Å². The maximum Gasteiger partial charge on any atom is 0.248 e. The van der Waals surface area contributed by atoms with Crippen LogP contribution in [0, 0.1) is 0 Å². The summed E-state index contributed by atoms with van der Waals surface area (Å²) >= 11 is 0. The third kappa shape index (κ3) is 5.75. The molecule has 1 unspecified atom stereocenters. The van der Waals surface area contributed by atoms with E-state index in [2.05, 4.69) is 15.1 Å². The summed E-state index contributed by atoms with van der Waals surface area (Å²) in [7, 11) is 0. The zero-order chi connectivity index (χ0) is 20.8. The van der Waals surface area contributed by atoms with E-state index < -0.39 is 5.91 Å². The fourth-order valence-corrected chi connectivity index (χ4v) is 3.54. The van der Waals surface area contributed by atoms with E-state index in [-0.39, 0.29) is 17.9 Å². The molecule has 2 aliphatic heterocycles. The van der Waals surface area contributed by atoms with Gasteiger partial charge >= 0.3 is 0 Å². The predicted octanol–water partition coefficient (Wildman–Crippen LogP) is -0.411. The Morgan fingerprint density at radius 1 is 1.03 bits per heavy atom. The van der Waals surface area contributed by atoms with E-state index in [0.717, 1.165) is 13.1 Å². The molecule has 1 atom stereocenters. The van der Waals surface area contributed by atoms with Crippen molar-refractivity contribution in [1.29, 1.82) is 0 Å². The minimum atomic E-state index is -0.503. The van der Waals surface area contributed by atoms with Crippen molar-refractivity contribution in [3.63, 3.8) is 0 Å². The van der Waals surface area contributed by atoms with Gasteiger partial charge in [-0.15, -0.1) is 0 Å². The first-order valence-electron chi connectivity index (χ1n) is 9.96. The number of benzene rings is 1. The number of morpholine rings is 1. The number of nitrogens with one attached hydrogen (secondary N) is 1. The summed E-state index contributed by atoms with van der Waals surface area (Å²) in [5, 5.41) is 2.86. The lowest BCUT2D eigenvalue weighted by molar-refractivity contribution is -0.135. The van der Waals surface area contributed by atoms with Crippen molar-refractivity contribution in [1.82, 2.24) is 14.7 Å². The fourth-order valence-electron chi connectivity index (χ4n) is 3.54. The largest absolute Gasteiger partial charge is 0.379 e. The number of anilines is 1. The molecule has 29 heavy (non-hydrogen) atoms. The van der Waals surface area contributed by atoms with Gasteiger partial charge in [-0.2, -0.15) is 0 Å². The average molecular weight is 403 g/mol. The number of carbonyl (C=O) groups excluding carboxylic acids is 3. The second-order valence-corrected chi connectivity index (χ2v) is 7.41. The van der Waals surface area contributed by atoms with Crippen LogP contribution in [-0.4, -0.2) is 97.5 Å². The Morgan fingerprint density at radius 2 is 1.66 bits per heavy atom. The van der Waals surface area contributed by atoms with Crippen molar-refractivity contribution < 1.29 is 19.1 Å². The molecule has 2 heterocycles. The van der Waals surface area contributed by atoms with E-state index in [1.54, 1.807) is 24.3 Å². The Labute approximate surface area is 170 Å². The van der Waals surface area contributed by atoms with E-state index in [0.29, 0.717) is 57.2 Å². The standard InChI is InChI=1S/C20H29N5O4/c1-15(20(28)22-17-4-2-16(3-5-17)19(21)27)24-6-8-25(9-7-24)18(26)14-23-10-12-29-13-11-23/h2-5,15H,6-14H2,1H3,(H2,21,27)(H,22,28). The average Bonchev–Trinajstić information content (AvgIpc) is 2.74. The molecule has 1 aromatic carbocycles. The van der Waals surface area contributed by atoms with Crippen molar-refractivity contribution in [3.05, 3.63) is 29.8 Å². The molecule has 3 N–H and O–H groups in total. The number of carbonyl (C=O) groups is 3. The number of piperazine rings is 1. The molecule has 2 aliphatic rings. The molecule has 158 valence electrons. The molecule has 3 rings (SSSR count). The summed E-state index contributed by atoms with van der Waals surface area (Å²) in [6, 6.07) is 6.17. The monoisotopic (exact) mass is 403 g/mol. The first-order valence-corrected chi connectivity index (χ1v) is 9.96. The molecule has 0 saturated carbocycles. The number of nitrogens with zero attached hydrogens (tertiary/aromatic N) is 3. The summed E-state index contributed by atoms with van der Waals surface area (Å²) in [5.41, 5.74) is 6.24. The third-order valence-electron chi connectivity index (χ3n) is 5.49. The Balaban J connectivity index is 1.44. The van der Waals surface area contributed by atoms with Gasteiger partial charge in [-0.05, 0) is 31.2 Å². The van der Waals surface area contributed by atoms with E-state index in [1.807, 2.05) is 11.8 Å². The van der Waals surface area contributed by atoms with Crippen molar-refractivity contribution >= 4 is 23.4 Å². The van der Waals surface area contributed by atoms with E-state index in [1.165, 1.54) is 0 Å². The molecule has 0 aromatic heterocycles. The third-order valence-corrected chi connectivity index (χ3v) is 5.49. The smallest absolute Gasteiger partial charge is 0.248 e. The number of nitrogens with two attached hydrogens (primary N) is 1. The van der Waals surface area contributed by atoms with Gasteiger partial charge in [0.15, 0.2) is 0 Å². The van der Waals surface area contributed by atoms with Crippen LogP contribution in [0.15, 0.2) is 24.3 Å². The summed E-state index contributed by atoms with van der Waals surface area (Å²) in [6.45, 7) is 7.79. The van der Waals surface area contributed by atoms with Crippen LogP contribution in [0.5, 0.6) is 0 Å². The van der Waals surface area contributed by atoms with Crippen molar-refractivity contribution in [2.45, 2.75) is 13.0 Å². The zero-order valence-corrected chi connectivity index (χ0v) is 16.8. The number of primary amides is 1. The van der Waals surface area contributed by atoms with Gasteiger partial charge in [0.05, 0.1) is 25.8 Å². The van der Waals surface area contributed by atoms with Crippen LogP contribution in [0.1, 0.15) is 17.3 Å². The van der Waals surface area contributed by atoms with Crippen LogP contribution >= 0.6 is 0 Å². The van der Waals surface area contributed by atoms with Gasteiger partial charge in [-0.1, -0.05) is 0 Å². The number of amides is 3. The van der Waals surface area contributed by atoms with Crippen LogP contribution in [0.2, 0.25) is 0 Å². The summed E-state index contributed by atoms with van der Waals surface area (Å²) < 4.78 is 5.32. The Morgan fingerprint density at radius 3 is 2.24 bits per heavy atom. The Hall–Kier alpha value is -2.49. The quantitative estimate of drug-likeness (QED) is 0.669. The van der Waals surface area contributed by atoms with E-state index >= 15 is 0 Å². The van der Waals surface area contributed by atoms with Gasteiger partial charge in [0.2, 0.25) is 17.7 Å². The number of ether oxygens (including phenoxy) is 1. The highest BCUT2D eigenvalue weighted by Gasteiger charge is 2.28. The SMILES string of the molecule is CC(C(=O)Nc1ccc(C(N)=O)cc1)N1CCN(C(=O)CN2CCOCC2)CC1. The molecule has 0 spiro atoms. The first-order chi connectivity index (χ1) is 13.9. The van der Waals surface area contributed by atoms with E-state index in [4.69, 9.17) is 10.5 Å². The van der Waals surface area contributed by atoms with Crippen molar-refractivity contribution in [2.75, 3.05) is 64.3 Å². The van der Waals surface area contributed by atoms with Crippen LogP contribution < -0.4 is 11.1 Å². The number of hydrogen-bond donors (Lipinski definition) is 2. The van der Waals surface area contributed by atoms with Gasteiger partial charge < -0.3 is 20.7 Å². The number of rotatable bonds is 6. The maximum absolute atomic E-state index is 12.6. The van der Waals surface area contributed by atoms with Gasteiger partial charge in [0, 0.05) is 50.5 Å². The second-order valence-electron chi connectivity index (χ2n) is 7.41. The zero-order valence-electron chi connectivity index (χ0n) is 16.8. The van der Waals surface area contributed by atoms with Gasteiger partial charge in [0.1, 0.15) is 0 Å². The molecule has 9 heteroatoms. The topological polar surface area (TPSA) is 108 Å². The summed E-state index contributed by atoms with van der Waals surface area (Å²) in [5.74, 6) is -0.486. The van der Waals surface area contributed by atoms with Gasteiger partial charge in [-0.25, -0.2) is 0 Å². The molecule has 0 radical (unpaired) electrons. The summed E-state index contributed by atoms with van der Waals surface area (Å²) in [4.78, 5) is 42.3. The lowest BCUT2D eigenvalue weighted by Gasteiger charge is -2.38. The Kier molecular flexibility index (Phi) is 7.18. The fraction of sp³-hybridized carbons (Fsp3) is 0.550. The summed E-state index contributed by atoms with van der Waals surface area (Å²) in [6.07, 6.45) is 0. The molecule has 0 bridgehead atoms. The highest BCUT2D eigenvalue weighted by atomic mass is 16.5. The Bertz CT molecular complexity index is 725. The molecule has 2 fully saturated rings. The second kappa shape index (κ2) is 9.82. The lowest BCUT2D eigenvalue weighted by atomic mass is 10.1. The molecule has 9 nitrogen and oxygen atoms in total. The minimum absolute atomic E-state index is 0.120. The highest BCUT2D eigenvalue weighted by Crippen LogP contribution is 2.13. The van der Waals surface area contributed by atoms with Crippen LogP contribution in [0.3, 0.4) is 0 Å². The van der Waals surface area contributed by atoms with Gasteiger partial charge in [-0.3, -0.25) is 24.2 Å². The molecular weight excluding hydrogens is 374 g/mol. The number of hydrogen-bond acceptors (Lipinski definition) is 6.